The van der Waals surface area contributed by atoms with Crippen LogP contribution in [0.5, 0.6) is 0 Å². The molecule has 0 aromatic carbocycles. The van der Waals surface area contributed by atoms with E-state index in [-0.39, 0.29) is 37.5 Å². The topological polar surface area (TPSA) is 78.9 Å². The summed E-state index contributed by atoms with van der Waals surface area (Å²) < 4.78 is 16.8. The van der Waals surface area contributed by atoms with Crippen molar-refractivity contribution in [1.29, 1.82) is 0 Å². The average Bonchev–Trinajstić information content (AvgIpc) is 3.38. The molecule has 1 unspecified atom stereocenters. The molecule has 0 rings (SSSR count). The van der Waals surface area contributed by atoms with E-state index in [0.717, 1.165) is 96.3 Å². The van der Waals surface area contributed by atoms with Crippen molar-refractivity contribution in [2.75, 3.05) is 13.2 Å². The Hall–Kier alpha value is -4.45. The van der Waals surface area contributed by atoms with Crippen molar-refractivity contribution in [3.8, 4) is 0 Å². The highest BCUT2D eigenvalue weighted by molar-refractivity contribution is 5.71. The predicted molar refractivity (Wildman–Crippen MR) is 311 cm³/mol. The van der Waals surface area contributed by atoms with Crippen LogP contribution in [0.2, 0.25) is 0 Å². The van der Waals surface area contributed by atoms with Crippen LogP contribution in [-0.2, 0) is 28.6 Å². The zero-order valence-corrected chi connectivity index (χ0v) is 46.4. The number of carbonyl (C=O) groups excluding carboxylic acids is 3. The van der Waals surface area contributed by atoms with Crippen molar-refractivity contribution in [3.05, 3.63) is 134 Å². The first kappa shape index (κ1) is 67.5. The molecule has 0 aromatic rings. The molecule has 6 heteroatoms. The van der Waals surface area contributed by atoms with Crippen LogP contribution < -0.4 is 0 Å². The molecule has 0 bridgehead atoms. The van der Waals surface area contributed by atoms with Gasteiger partial charge in [-0.3, -0.25) is 14.4 Å². The van der Waals surface area contributed by atoms with Gasteiger partial charge in [0, 0.05) is 19.3 Å². The van der Waals surface area contributed by atoms with E-state index in [1.54, 1.807) is 0 Å². The average molecular weight is 996 g/mol. The highest BCUT2D eigenvalue weighted by Gasteiger charge is 2.19. The van der Waals surface area contributed by atoms with Crippen LogP contribution >= 0.6 is 0 Å². The van der Waals surface area contributed by atoms with Gasteiger partial charge in [0.2, 0.25) is 0 Å². The lowest BCUT2D eigenvalue weighted by Crippen LogP contribution is -2.30. The Kier molecular flexibility index (Phi) is 55.5. The lowest BCUT2D eigenvalue weighted by atomic mass is 10.1. The lowest BCUT2D eigenvalue weighted by Gasteiger charge is -2.18. The molecule has 0 aliphatic rings. The summed E-state index contributed by atoms with van der Waals surface area (Å²) in [6, 6.07) is 0. The Morgan fingerprint density at radius 2 is 0.556 bits per heavy atom. The fourth-order valence-corrected chi connectivity index (χ4v) is 7.72. The molecule has 0 fully saturated rings. The summed E-state index contributed by atoms with van der Waals surface area (Å²) in [5, 5.41) is 0. The molecule has 406 valence electrons. The monoisotopic (exact) mass is 995 g/mol. The second-order valence-corrected chi connectivity index (χ2v) is 19.1. The van der Waals surface area contributed by atoms with Gasteiger partial charge in [0.15, 0.2) is 6.10 Å². The third-order valence-corrected chi connectivity index (χ3v) is 12.1. The maximum atomic E-state index is 12.9. The van der Waals surface area contributed by atoms with Crippen LogP contribution in [0, 0.1) is 0 Å². The smallest absolute Gasteiger partial charge is 0.306 e. The standard InChI is InChI=1S/C66H106O6/c1-4-7-10-13-16-19-22-25-28-31-33-36-38-41-44-47-50-53-56-59-65(68)71-62-63(61-70-64(67)58-55-52-49-46-43-40-37-34-30-27-24-21-18-15-12-9-6-3)72-66(69)60-57-54-51-48-45-42-39-35-32-29-26-23-20-17-14-11-8-5-2/h7,10,13,16,19,22-23,25-33,35-36,38-39,41,44,63H,4-6,8-9,11-12,14-15,17-18,20-21,24,34,37,40,42-43,45-62H2,1-3H3/b10-7-,16-13-,22-19-,26-23-,28-25-,30-27-,32-29-,33-31+,38-36-,39-35-,44-41-. The van der Waals surface area contributed by atoms with E-state index in [0.29, 0.717) is 12.8 Å². The van der Waals surface area contributed by atoms with Crippen LogP contribution in [0.25, 0.3) is 0 Å². The summed E-state index contributed by atoms with van der Waals surface area (Å²) in [6.07, 6.45) is 82.9. The molecule has 0 amide bonds. The SMILES string of the molecule is CC\C=C/C=C\C=C/C=C\C=C\C=C/C=C\CCCCCC(=O)OCC(COC(=O)CCCCCCCCC/C=C\CCCCCCCC)OC(=O)CCCCCCC\C=C/C=C\C=C/CCCCCCC. The van der Waals surface area contributed by atoms with Crippen molar-refractivity contribution in [3.63, 3.8) is 0 Å². The van der Waals surface area contributed by atoms with Gasteiger partial charge in [0.1, 0.15) is 13.2 Å². The molecular formula is C66H106O6. The molecule has 0 aliphatic heterocycles. The Balaban J connectivity index is 4.56. The third-order valence-electron chi connectivity index (χ3n) is 12.1. The third kappa shape index (κ3) is 56.5. The minimum absolute atomic E-state index is 0.108. The summed E-state index contributed by atoms with van der Waals surface area (Å²) in [5.41, 5.74) is 0. The van der Waals surface area contributed by atoms with Gasteiger partial charge >= 0.3 is 17.9 Å². The van der Waals surface area contributed by atoms with Crippen molar-refractivity contribution < 1.29 is 28.6 Å². The molecule has 0 spiro atoms. The molecule has 0 N–H and O–H groups in total. The first-order valence-electron chi connectivity index (χ1n) is 29.3. The van der Waals surface area contributed by atoms with E-state index >= 15 is 0 Å². The number of unbranched alkanes of at least 4 members (excludes halogenated alkanes) is 26. The molecule has 0 saturated carbocycles. The van der Waals surface area contributed by atoms with E-state index in [1.165, 1.54) is 109 Å². The zero-order valence-electron chi connectivity index (χ0n) is 46.4. The molecule has 0 heterocycles. The molecular weight excluding hydrogens is 889 g/mol. The van der Waals surface area contributed by atoms with Gasteiger partial charge in [-0.25, -0.2) is 0 Å². The van der Waals surface area contributed by atoms with Gasteiger partial charge in [-0.15, -0.1) is 0 Å². The number of rotatable bonds is 51. The zero-order chi connectivity index (χ0) is 52.2. The molecule has 0 saturated heterocycles. The number of hydrogen-bond acceptors (Lipinski definition) is 6. The maximum absolute atomic E-state index is 12.9. The quantitative estimate of drug-likeness (QED) is 0.0199. The largest absolute Gasteiger partial charge is 0.462 e. The minimum atomic E-state index is -0.816. The summed E-state index contributed by atoms with van der Waals surface area (Å²) in [5.74, 6) is -0.980. The van der Waals surface area contributed by atoms with Crippen LogP contribution in [0.15, 0.2) is 134 Å². The second kappa shape index (κ2) is 59.1. The fraction of sp³-hybridized carbons (Fsp3) is 0.621. The van der Waals surface area contributed by atoms with E-state index in [4.69, 9.17) is 14.2 Å². The first-order valence-corrected chi connectivity index (χ1v) is 29.3. The minimum Gasteiger partial charge on any atom is -0.462 e. The van der Waals surface area contributed by atoms with Gasteiger partial charge in [-0.2, -0.15) is 0 Å². The van der Waals surface area contributed by atoms with Gasteiger partial charge in [-0.05, 0) is 89.9 Å². The number of allylic oxidation sites excluding steroid dienone is 22. The van der Waals surface area contributed by atoms with Crippen LogP contribution in [-0.4, -0.2) is 37.2 Å². The maximum Gasteiger partial charge on any atom is 0.306 e. The van der Waals surface area contributed by atoms with Crippen molar-refractivity contribution in [1.82, 2.24) is 0 Å². The number of carbonyl (C=O) groups is 3. The first-order chi connectivity index (χ1) is 35.5. The van der Waals surface area contributed by atoms with Gasteiger partial charge in [-0.1, -0.05) is 270 Å². The van der Waals surface area contributed by atoms with Gasteiger partial charge < -0.3 is 14.2 Å². The lowest BCUT2D eigenvalue weighted by molar-refractivity contribution is -0.167. The molecule has 72 heavy (non-hydrogen) atoms. The van der Waals surface area contributed by atoms with E-state index in [2.05, 4.69) is 81.5 Å². The van der Waals surface area contributed by atoms with E-state index in [9.17, 15) is 14.4 Å². The summed E-state index contributed by atoms with van der Waals surface area (Å²) in [4.78, 5) is 38.2. The number of ether oxygens (including phenoxy) is 3. The fourth-order valence-electron chi connectivity index (χ4n) is 7.72. The highest BCUT2D eigenvalue weighted by Crippen LogP contribution is 2.14. The van der Waals surface area contributed by atoms with Crippen molar-refractivity contribution in [2.24, 2.45) is 0 Å². The summed E-state index contributed by atoms with van der Waals surface area (Å²) in [6.45, 7) is 6.41. The van der Waals surface area contributed by atoms with E-state index in [1.807, 2.05) is 72.9 Å². The molecule has 0 radical (unpaired) electrons. The molecule has 0 aromatic heterocycles. The predicted octanol–water partition coefficient (Wildman–Crippen LogP) is 19.8. The molecule has 6 nitrogen and oxygen atoms in total. The Morgan fingerprint density at radius 3 is 0.903 bits per heavy atom. The Morgan fingerprint density at radius 1 is 0.292 bits per heavy atom. The molecule has 0 aliphatic carbocycles. The molecule has 1 atom stereocenters. The summed E-state index contributed by atoms with van der Waals surface area (Å²) >= 11 is 0. The number of hydrogen-bond donors (Lipinski definition) is 0. The second-order valence-electron chi connectivity index (χ2n) is 19.1. The van der Waals surface area contributed by atoms with Crippen LogP contribution in [0.3, 0.4) is 0 Å². The van der Waals surface area contributed by atoms with Crippen LogP contribution in [0.1, 0.15) is 245 Å². The Labute approximate surface area is 443 Å². The van der Waals surface area contributed by atoms with Crippen molar-refractivity contribution in [2.45, 2.75) is 252 Å². The number of esters is 3. The highest BCUT2D eigenvalue weighted by atomic mass is 16.6. The van der Waals surface area contributed by atoms with Crippen LogP contribution in [0.4, 0.5) is 0 Å². The van der Waals surface area contributed by atoms with Gasteiger partial charge in [0.05, 0.1) is 0 Å². The van der Waals surface area contributed by atoms with Gasteiger partial charge in [0.25, 0.3) is 0 Å². The normalized spacial score (nSPS) is 13.1. The Bertz CT molecular complexity index is 1560. The van der Waals surface area contributed by atoms with Crippen molar-refractivity contribution >= 4 is 17.9 Å². The van der Waals surface area contributed by atoms with E-state index < -0.39 is 6.10 Å². The summed E-state index contributed by atoms with van der Waals surface area (Å²) in [7, 11) is 0.